The van der Waals surface area contributed by atoms with E-state index in [0.717, 1.165) is 22.0 Å². The van der Waals surface area contributed by atoms with Crippen molar-refractivity contribution in [3.8, 4) is 11.3 Å². The third-order valence-electron chi connectivity index (χ3n) is 3.59. The molecule has 3 N–H and O–H groups in total. The number of hydrogen-bond donors (Lipinski definition) is 2. The monoisotopic (exact) mass is 343 g/mol. The molecule has 0 bridgehead atoms. The Labute approximate surface area is 128 Å². The lowest BCUT2D eigenvalue weighted by atomic mass is 10.0. The average molecular weight is 344 g/mol. The molecule has 0 radical (unpaired) electrons. The molecule has 1 aliphatic rings. The zero-order valence-electron chi connectivity index (χ0n) is 10.8. The van der Waals surface area contributed by atoms with Gasteiger partial charge in [-0.2, -0.15) is 0 Å². The van der Waals surface area contributed by atoms with E-state index in [1.54, 1.807) is 9.79 Å². The fourth-order valence-corrected chi connectivity index (χ4v) is 3.32. The first-order valence-electron chi connectivity index (χ1n) is 6.36. The highest BCUT2D eigenvalue weighted by Gasteiger charge is 2.28. The number of hydrogen-bond acceptors (Lipinski definition) is 4. The molecule has 7 heteroatoms. The number of nitrogens with zero attached hydrogens (tertiary/aromatic N) is 3. The number of fused-ring (bicyclic) bond motifs is 5. The van der Waals surface area contributed by atoms with E-state index in [1.807, 2.05) is 24.3 Å². The summed E-state index contributed by atoms with van der Waals surface area (Å²) in [4.78, 5) is 20.8. The smallest absolute Gasteiger partial charge is 0.269 e. The number of aromatic nitrogens is 3. The van der Waals surface area contributed by atoms with Gasteiger partial charge in [-0.15, -0.1) is 0 Å². The third-order valence-corrected chi connectivity index (χ3v) is 4.33. The third kappa shape index (κ3) is 1.67. The number of anilines is 1. The predicted octanol–water partition coefficient (Wildman–Crippen LogP) is 2.08. The van der Waals surface area contributed by atoms with Crippen LogP contribution >= 0.6 is 16.1 Å². The lowest BCUT2D eigenvalue weighted by Gasteiger charge is -2.05. The molecular weight excluding hydrogens is 334 g/mol. The van der Waals surface area contributed by atoms with Crippen LogP contribution in [0.2, 0.25) is 0 Å². The number of amides is 1. The topological polar surface area (TPSA) is 85.8 Å². The standard InChI is InChI=1S/C14H10BrN5O/c15-20-9-4-2-1-3-8(9)10-11-7(6-18-14(16)19-11)5-17-13(21)12(10)20/h1-4,6H,5H2,(H,17,21)(H2,16,18,19). The van der Waals surface area contributed by atoms with Crippen LogP contribution in [0.3, 0.4) is 0 Å². The molecule has 21 heavy (non-hydrogen) atoms. The number of nitrogens with one attached hydrogen (secondary N) is 1. The first-order chi connectivity index (χ1) is 10.2. The summed E-state index contributed by atoms with van der Waals surface area (Å²) in [6.45, 7) is 0.379. The van der Waals surface area contributed by atoms with Crippen molar-refractivity contribution in [2.24, 2.45) is 0 Å². The van der Waals surface area contributed by atoms with Crippen LogP contribution in [0.4, 0.5) is 5.95 Å². The molecule has 2 aromatic heterocycles. The summed E-state index contributed by atoms with van der Waals surface area (Å²) >= 11 is 3.46. The number of nitrogen functional groups attached to an aromatic ring is 1. The molecule has 4 rings (SSSR count). The summed E-state index contributed by atoms with van der Waals surface area (Å²) in [7, 11) is 0. The van der Waals surface area contributed by atoms with Gasteiger partial charge in [0, 0.05) is 29.3 Å². The number of para-hydroxylation sites is 1. The summed E-state index contributed by atoms with van der Waals surface area (Å²) in [6.07, 6.45) is 1.66. The number of halogens is 1. The Hall–Kier alpha value is -2.41. The van der Waals surface area contributed by atoms with Crippen LogP contribution in [0, 0.1) is 0 Å². The molecule has 1 aromatic carbocycles. The summed E-state index contributed by atoms with van der Waals surface area (Å²) < 4.78 is 1.71. The van der Waals surface area contributed by atoms with Gasteiger partial charge in [-0.3, -0.25) is 8.39 Å². The first kappa shape index (κ1) is 12.3. The molecule has 1 amide bonds. The number of rotatable bonds is 0. The summed E-state index contributed by atoms with van der Waals surface area (Å²) in [6, 6.07) is 7.76. The van der Waals surface area contributed by atoms with Gasteiger partial charge in [-0.25, -0.2) is 9.97 Å². The highest BCUT2D eigenvalue weighted by atomic mass is 79.9. The molecule has 104 valence electrons. The zero-order valence-corrected chi connectivity index (χ0v) is 12.4. The van der Waals surface area contributed by atoms with Crippen molar-refractivity contribution < 1.29 is 4.79 Å². The first-order valence-corrected chi connectivity index (χ1v) is 7.07. The van der Waals surface area contributed by atoms with Crippen LogP contribution < -0.4 is 11.1 Å². The molecule has 0 atom stereocenters. The van der Waals surface area contributed by atoms with E-state index in [2.05, 4.69) is 31.4 Å². The Kier molecular flexibility index (Phi) is 2.52. The molecule has 0 unspecified atom stereocenters. The van der Waals surface area contributed by atoms with Crippen LogP contribution in [0.5, 0.6) is 0 Å². The van der Waals surface area contributed by atoms with E-state index in [4.69, 9.17) is 5.73 Å². The Balaban J connectivity index is 2.20. The molecule has 3 aromatic rings. The maximum atomic E-state index is 12.4. The minimum Gasteiger partial charge on any atom is -0.368 e. The van der Waals surface area contributed by atoms with E-state index in [1.165, 1.54) is 0 Å². The Morgan fingerprint density at radius 3 is 3.00 bits per heavy atom. The van der Waals surface area contributed by atoms with Crippen molar-refractivity contribution in [3.05, 3.63) is 41.7 Å². The second kappa shape index (κ2) is 4.29. The van der Waals surface area contributed by atoms with Crippen molar-refractivity contribution in [1.82, 2.24) is 18.9 Å². The van der Waals surface area contributed by atoms with Gasteiger partial charge >= 0.3 is 0 Å². The molecule has 0 aliphatic carbocycles. The second-order valence-electron chi connectivity index (χ2n) is 4.81. The van der Waals surface area contributed by atoms with Crippen molar-refractivity contribution in [2.75, 3.05) is 5.73 Å². The quantitative estimate of drug-likeness (QED) is 0.654. The molecule has 0 saturated carbocycles. The van der Waals surface area contributed by atoms with Gasteiger partial charge in [-0.05, 0) is 6.07 Å². The molecular formula is C14H10BrN5O. The summed E-state index contributed by atoms with van der Waals surface area (Å²) in [5.41, 5.74) is 9.48. The summed E-state index contributed by atoms with van der Waals surface area (Å²) in [5.74, 6) is 0.0371. The fourth-order valence-electron chi connectivity index (χ4n) is 2.67. The summed E-state index contributed by atoms with van der Waals surface area (Å²) in [5, 5.41) is 3.81. The van der Waals surface area contributed by atoms with E-state index < -0.39 is 0 Å². The van der Waals surface area contributed by atoms with Gasteiger partial charge in [0.05, 0.1) is 27.4 Å². The minimum atomic E-state index is -0.158. The molecule has 3 heterocycles. The van der Waals surface area contributed by atoms with Gasteiger partial charge in [0.1, 0.15) is 5.69 Å². The van der Waals surface area contributed by atoms with Crippen LogP contribution in [0.15, 0.2) is 30.5 Å². The van der Waals surface area contributed by atoms with Gasteiger partial charge < -0.3 is 11.1 Å². The van der Waals surface area contributed by atoms with Crippen molar-refractivity contribution in [2.45, 2.75) is 6.54 Å². The zero-order chi connectivity index (χ0) is 14.6. The lowest BCUT2D eigenvalue weighted by Crippen LogP contribution is -2.22. The van der Waals surface area contributed by atoms with Crippen molar-refractivity contribution in [1.29, 1.82) is 0 Å². The normalized spacial score (nSPS) is 13.5. The number of benzene rings is 1. The number of carbonyl (C=O) groups is 1. The number of carbonyl (C=O) groups excluding carboxylic acids is 1. The molecule has 0 saturated heterocycles. The van der Waals surface area contributed by atoms with Crippen LogP contribution in [0.25, 0.3) is 22.2 Å². The van der Waals surface area contributed by atoms with Crippen molar-refractivity contribution in [3.63, 3.8) is 0 Å². The fraction of sp³-hybridized carbons (Fsp3) is 0.0714. The maximum absolute atomic E-state index is 12.4. The Bertz CT molecular complexity index is 902. The Morgan fingerprint density at radius 2 is 2.14 bits per heavy atom. The largest absolute Gasteiger partial charge is 0.368 e. The van der Waals surface area contributed by atoms with E-state index in [0.29, 0.717) is 17.9 Å². The van der Waals surface area contributed by atoms with Gasteiger partial charge in [0.25, 0.3) is 5.91 Å². The molecule has 6 nitrogen and oxygen atoms in total. The van der Waals surface area contributed by atoms with Crippen LogP contribution in [-0.4, -0.2) is 19.5 Å². The van der Waals surface area contributed by atoms with Gasteiger partial charge in [0.2, 0.25) is 5.95 Å². The predicted molar refractivity (Wildman–Crippen MR) is 82.9 cm³/mol. The van der Waals surface area contributed by atoms with Gasteiger partial charge in [0.15, 0.2) is 0 Å². The van der Waals surface area contributed by atoms with E-state index >= 15 is 0 Å². The average Bonchev–Trinajstić information content (AvgIpc) is 2.70. The van der Waals surface area contributed by atoms with E-state index in [-0.39, 0.29) is 11.9 Å². The van der Waals surface area contributed by atoms with E-state index in [9.17, 15) is 4.79 Å². The number of nitrogens with two attached hydrogens (primary N) is 1. The van der Waals surface area contributed by atoms with Crippen LogP contribution in [-0.2, 0) is 6.54 Å². The van der Waals surface area contributed by atoms with Gasteiger partial charge in [-0.1, -0.05) is 18.2 Å². The second-order valence-corrected chi connectivity index (χ2v) is 5.52. The molecule has 0 fully saturated rings. The maximum Gasteiger partial charge on any atom is 0.269 e. The molecule has 1 aliphatic heterocycles. The van der Waals surface area contributed by atoms with Crippen LogP contribution in [0.1, 0.15) is 16.1 Å². The Morgan fingerprint density at radius 1 is 1.33 bits per heavy atom. The molecule has 0 spiro atoms. The highest BCUT2D eigenvalue weighted by Crippen LogP contribution is 2.38. The SMILES string of the molecule is Nc1ncc2c(n1)-c1c(n(Br)c3ccccc13)C(=O)NC2. The highest BCUT2D eigenvalue weighted by molar-refractivity contribution is 9.08. The lowest BCUT2D eigenvalue weighted by molar-refractivity contribution is 0.0948. The van der Waals surface area contributed by atoms with Crippen molar-refractivity contribution >= 4 is 38.9 Å². The minimum absolute atomic E-state index is 0.158.